The molecule has 1 aromatic carbocycles. The highest BCUT2D eigenvalue weighted by Gasteiger charge is 2.13. The van der Waals surface area contributed by atoms with Crippen LogP contribution in [0.2, 0.25) is 0 Å². The van der Waals surface area contributed by atoms with Gasteiger partial charge in [0.1, 0.15) is 0 Å². The Balaban J connectivity index is 2.13. The van der Waals surface area contributed by atoms with Gasteiger partial charge in [-0.05, 0) is 68.7 Å². The first-order valence-electron chi connectivity index (χ1n) is 6.29. The molecular formula is C15H21N. The third kappa shape index (κ3) is 2.72. The van der Waals surface area contributed by atoms with Crippen molar-refractivity contribution in [2.24, 2.45) is 10.9 Å². The lowest BCUT2D eigenvalue weighted by Crippen LogP contribution is -2.11. The molecule has 1 fully saturated rings. The Labute approximate surface area is 98.6 Å². The zero-order chi connectivity index (χ0) is 11.5. The Bertz CT molecular complexity index is 394. The van der Waals surface area contributed by atoms with Crippen molar-refractivity contribution >= 4 is 11.4 Å². The van der Waals surface area contributed by atoms with E-state index in [1.54, 1.807) is 0 Å². The largest absolute Gasteiger partial charge is 0.258 e. The van der Waals surface area contributed by atoms with Gasteiger partial charge in [-0.1, -0.05) is 13.0 Å². The van der Waals surface area contributed by atoms with E-state index < -0.39 is 0 Å². The molecule has 1 aromatic rings. The average Bonchev–Trinajstić information content (AvgIpc) is 2.27. The van der Waals surface area contributed by atoms with Gasteiger partial charge in [-0.15, -0.1) is 0 Å². The van der Waals surface area contributed by atoms with Crippen molar-refractivity contribution in [3.63, 3.8) is 0 Å². The fraction of sp³-hybridized carbons (Fsp3) is 0.533. The van der Waals surface area contributed by atoms with Crippen LogP contribution in [0.3, 0.4) is 0 Å². The van der Waals surface area contributed by atoms with Gasteiger partial charge in [0.25, 0.3) is 0 Å². The summed E-state index contributed by atoms with van der Waals surface area (Å²) in [6, 6.07) is 6.49. The number of aliphatic imine (C=N–C) groups is 1. The molecule has 1 aliphatic carbocycles. The van der Waals surface area contributed by atoms with E-state index in [0.717, 1.165) is 11.6 Å². The minimum absolute atomic E-state index is 0.888. The summed E-state index contributed by atoms with van der Waals surface area (Å²) in [6.07, 6.45) is 5.00. The minimum atomic E-state index is 0.888. The molecule has 0 saturated heterocycles. The molecule has 0 aromatic heterocycles. The lowest BCUT2D eigenvalue weighted by molar-refractivity contribution is 0.483. The molecule has 0 aliphatic heterocycles. The lowest BCUT2D eigenvalue weighted by atomic mass is 9.89. The second kappa shape index (κ2) is 4.82. The molecule has 0 N–H and O–H groups in total. The van der Waals surface area contributed by atoms with Crippen molar-refractivity contribution < 1.29 is 0 Å². The highest BCUT2D eigenvalue weighted by molar-refractivity contribution is 5.87. The van der Waals surface area contributed by atoms with Crippen molar-refractivity contribution in [3.8, 4) is 0 Å². The molecular weight excluding hydrogens is 194 g/mol. The Morgan fingerprint density at radius 2 is 1.75 bits per heavy atom. The number of aryl methyl sites for hydroxylation is 2. The van der Waals surface area contributed by atoms with E-state index in [4.69, 9.17) is 4.99 Å². The van der Waals surface area contributed by atoms with Gasteiger partial charge in [-0.3, -0.25) is 4.99 Å². The van der Waals surface area contributed by atoms with E-state index in [9.17, 15) is 0 Å². The predicted molar refractivity (Wildman–Crippen MR) is 70.6 cm³/mol. The Hall–Kier alpha value is -1.11. The van der Waals surface area contributed by atoms with Crippen LogP contribution >= 0.6 is 0 Å². The van der Waals surface area contributed by atoms with Crippen LogP contribution in [0.1, 0.15) is 43.7 Å². The van der Waals surface area contributed by atoms with Crippen LogP contribution in [-0.2, 0) is 0 Å². The normalized spacial score (nSPS) is 20.9. The first-order valence-corrected chi connectivity index (χ1v) is 6.29. The van der Waals surface area contributed by atoms with E-state index in [1.165, 1.54) is 42.5 Å². The number of benzene rings is 1. The van der Waals surface area contributed by atoms with Gasteiger partial charge >= 0.3 is 0 Å². The maximum atomic E-state index is 4.77. The molecule has 1 aliphatic rings. The van der Waals surface area contributed by atoms with E-state index in [-0.39, 0.29) is 0 Å². The molecule has 1 nitrogen and oxygen atoms in total. The van der Waals surface area contributed by atoms with Crippen LogP contribution in [0.4, 0.5) is 5.69 Å². The lowest BCUT2D eigenvalue weighted by Gasteiger charge is -2.19. The van der Waals surface area contributed by atoms with Crippen LogP contribution in [0.15, 0.2) is 23.2 Å². The van der Waals surface area contributed by atoms with Crippen LogP contribution in [0, 0.1) is 19.8 Å². The second-order valence-electron chi connectivity index (χ2n) is 5.13. The maximum Gasteiger partial charge on any atom is 0.0631 e. The molecule has 0 radical (unpaired) electrons. The van der Waals surface area contributed by atoms with Gasteiger partial charge in [-0.25, -0.2) is 0 Å². The number of nitrogens with zero attached hydrogens (tertiary/aromatic N) is 1. The van der Waals surface area contributed by atoms with Gasteiger partial charge in [0.2, 0.25) is 0 Å². The van der Waals surface area contributed by atoms with Crippen molar-refractivity contribution in [1.82, 2.24) is 0 Å². The average molecular weight is 215 g/mol. The smallest absolute Gasteiger partial charge is 0.0631 e. The summed E-state index contributed by atoms with van der Waals surface area (Å²) in [5.74, 6) is 0.888. The third-order valence-corrected chi connectivity index (χ3v) is 3.63. The minimum Gasteiger partial charge on any atom is -0.258 e. The van der Waals surface area contributed by atoms with Gasteiger partial charge in [-0.2, -0.15) is 0 Å². The first-order chi connectivity index (χ1) is 7.65. The highest BCUT2D eigenvalue weighted by atomic mass is 14.7. The van der Waals surface area contributed by atoms with Gasteiger partial charge in [0.05, 0.1) is 5.69 Å². The summed E-state index contributed by atoms with van der Waals surface area (Å²) in [5.41, 5.74) is 5.21. The van der Waals surface area contributed by atoms with Crippen molar-refractivity contribution in [2.45, 2.75) is 46.5 Å². The molecule has 16 heavy (non-hydrogen) atoms. The number of hydrogen-bond donors (Lipinski definition) is 0. The van der Waals surface area contributed by atoms with Crippen LogP contribution in [0.25, 0.3) is 0 Å². The summed E-state index contributed by atoms with van der Waals surface area (Å²) in [5, 5.41) is 0. The fourth-order valence-corrected chi connectivity index (χ4v) is 2.18. The van der Waals surface area contributed by atoms with E-state index in [2.05, 4.69) is 39.0 Å². The molecule has 2 rings (SSSR count). The molecule has 0 atom stereocenters. The Morgan fingerprint density at radius 3 is 2.38 bits per heavy atom. The number of rotatable bonds is 1. The predicted octanol–water partition coefficient (Wildman–Crippen LogP) is 4.59. The van der Waals surface area contributed by atoms with Crippen molar-refractivity contribution in [2.75, 3.05) is 0 Å². The van der Waals surface area contributed by atoms with Crippen LogP contribution in [-0.4, -0.2) is 5.71 Å². The SMILES string of the molecule is Cc1ccc(N=C2CCC(C)CC2)cc1C. The molecule has 0 amide bonds. The summed E-state index contributed by atoms with van der Waals surface area (Å²) < 4.78 is 0. The zero-order valence-corrected chi connectivity index (χ0v) is 10.6. The van der Waals surface area contributed by atoms with Gasteiger partial charge in [0, 0.05) is 5.71 Å². The van der Waals surface area contributed by atoms with Gasteiger partial charge < -0.3 is 0 Å². The van der Waals surface area contributed by atoms with Crippen LogP contribution < -0.4 is 0 Å². The summed E-state index contributed by atoms with van der Waals surface area (Å²) in [6.45, 7) is 6.64. The number of hydrogen-bond acceptors (Lipinski definition) is 1. The molecule has 0 spiro atoms. The monoisotopic (exact) mass is 215 g/mol. The van der Waals surface area contributed by atoms with E-state index >= 15 is 0 Å². The molecule has 0 unspecified atom stereocenters. The van der Waals surface area contributed by atoms with Crippen LogP contribution in [0.5, 0.6) is 0 Å². The second-order valence-corrected chi connectivity index (χ2v) is 5.13. The highest BCUT2D eigenvalue weighted by Crippen LogP contribution is 2.25. The molecule has 1 saturated carbocycles. The maximum absolute atomic E-state index is 4.77. The Kier molecular flexibility index (Phi) is 3.42. The standard InChI is InChI=1S/C15H21N/c1-11-4-7-14(8-5-11)16-15-9-6-12(2)13(3)10-15/h6,9-11H,4-5,7-8H2,1-3H3. The quantitative estimate of drug-likeness (QED) is 0.650. The Morgan fingerprint density at radius 1 is 1.06 bits per heavy atom. The fourth-order valence-electron chi connectivity index (χ4n) is 2.18. The summed E-state index contributed by atoms with van der Waals surface area (Å²) >= 11 is 0. The molecule has 86 valence electrons. The van der Waals surface area contributed by atoms with E-state index in [0.29, 0.717) is 0 Å². The van der Waals surface area contributed by atoms with Crippen molar-refractivity contribution in [3.05, 3.63) is 29.3 Å². The third-order valence-electron chi connectivity index (χ3n) is 3.63. The summed E-state index contributed by atoms with van der Waals surface area (Å²) in [4.78, 5) is 4.77. The first kappa shape index (κ1) is 11.4. The van der Waals surface area contributed by atoms with Crippen molar-refractivity contribution in [1.29, 1.82) is 0 Å². The van der Waals surface area contributed by atoms with Gasteiger partial charge in [0.15, 0.2) is 0 Å². The molecule has 0 bridgehead atoms. The molecule has 0 heterocycles. The molecule has 1 heteroatoms. The zero-order valence-electron chi connectivity index (χ0n) is 10.6. The topological polar surface area (TPSA) is 12.4 Å². The van der Waals surface area contributed by atoms with E-state index in [1.807, 2.05) is 0 Å². The summed E-state index contributed by atoms with van der Waals surface area (Å²) in [7, 11) is 0.